The van der Waals surface area contributed by atoms with E-state index >= 15 is 0 Å². The van der Waals surface area contributed by atoms with E-state index in [4.69, 9.17) is 4.74 Å². The summed E-state index contributed by atoms with van der Waals surface area (Å²) in [7, 11) is 0. The molecule has 0 aromatic heterocycles. The normalized spacial score (nSPS) is 13.8. The van der Waals surface area contributed by atoms with E-state index in [-0.39, 0.29) is 0 Å². The van der Waals surface area contributed by atoms with Gasteiger partial charge in [0.2, 0.25) is 0 Å². The summed E-state index contributed by atoms with van der Waals surface area (Å²) in [6, 6.07) is 0. The highest BCUT2D eigenvalue weighted by atomic mass is 16.5. The van der Waals surface area contributed by atoms with Crippen molar-refractivity contribution in [2.75, 3.05) is 13.2 Å². The molecule has 0 aliphatic rings. The summed E-state index contributed by atoms with van der Waals surface area (Å²) in [5.74, 6) is 1.57. The van der Waals surface area contributed by atoms with Gasteiger partial charge in [0, 0.05) is 13.2 Å². The highest BCUT2D eigenvalue weighted by molar-refractivity contribution is 4.53. The first kappa shape index (κ1) is 12.0. The van der Waals surface area contributed by atoms with Crippen molar-refractivity contribution in [3.05, 3.63) is 0 Å². The van der Waals surface area contributed by atoms with E-state index in [1.807, 2.05) is 0 Å². The molecule has 0 amide bonds. The topological polar surface area (TPSA) is 9.23 Å². The van der Waals surface area contributed by atoms with Crippen LogP contribution in [-0.2, 0) is 4.74 Å². The highest BCUT2D eigenvalue weighted by Crippen LogP contribution is 2.11. The molecule has 0 saturated carbocycles. The molecule has 1 nitrogen and oxygen atoms in total. The predicted octanol–water partition coefficient (Wildman–Crippen LogP) is 3.49. The zero-order chi connectivity index (χ0) is 9.40. The predicted molar refractivity (Wildman–Crippen MR) is 54.3 cm³/mol. The van der Waals surface area contributed by atoms with Crippen LogP contribution in [0.2, 0.25) is 0 Å². The van der Waals surface area contributed by atoms with Crippen molar-refractivity contribution in [2.45, 2.75) is 47.0 Å². The molecule has 0 bridgehead atoms. The van der Waals surface area contributed by atoms with E-state index in [1.54, 1.807) is 0 Å². The Morgan fingerprint density at radius 2 is 1.75 bits per heavy atom. The van der Waals surface area contributed by atoms with Crippen LogP contribution in [0.15, 0.2) is 0 Å². The lowest BCUT2D eigenvalue weighted by Crippen LogP contribution is -2.07. The first-order chi connectivity index (χ1) is 5.66. The third-order valence-corrected chi connectivity index (χ3v) is 1.99. The molecule has 0 radical (unpaired) electrons. The number of hydrogen-bond donors (Lipinski definition) is 0. The summed E-state index contributed by atoms with van der Waals surface area (Å²) in [4.78, 5) is 0. The quantitative estimate of drug-likeness (QED) is 0.534. The summed E-state index contributed by atoms with van der Waals surface area (Å²) in [5, 5.41) is 0. The zero-order valence-electron chi connectivity index (χ0n) is 9.10. The van der Waals surface area contributed by atoms with Crippen LogP contribution in [0, 0.1) is 11.8 Å². The molecule has 0 aromatic carbocycles. The molecule has 0 heterocycles. The van der Waals surface area contributed by atoms with E-state index < -0.39 is 0 Å². The van der Waals surface area contributed by atoms with Crippen LogP contribution < -0.4 is 0 Å². The van der Waals surface area contributed by atoms with E-state index in [9.17, 15) is 0 Å². The maximum Gasteiger partial charge on any atom is 0.0491 e. The molecule has 1 atom stereocenters. The van der Waals surface area contributed by atoms with Gasteiger partial charge in [-0.1, -0.05) is 34.1 Å². The fraction of sp³-hybridized carbons (Fsp3) is 1.00. The largest absolute Gasteiger partial charge is 0.381 e. The zero-order valence-corrected chi connectivity index (χ0v) is 9.10. The van der Waals surface area contributed by atoms with E-state index in [0.717, 1.165) is 31.5 Å². The van der Waals surface area contributed by atoms with Gasteiger partial charge in [-0.05, 0) is 24.7 Å². The van der Waals surface area contributed by atoms with Gasteiger partial charge in [0.05, 0.1) is 0 Å². The van der Waals surface area contributed by atoms with Gasteiger partial charge >= 0.3 is 0 Å². The van der Waals surface area contributed by atoms with Crippen LogP contribution in [0.1, 0.15) is 47.0 Å². The Labute approximate surface area is 77.5 Å². The first-order valence-electron chi connectivity index (χ1n) is 5.24. The van der Waals surface area contributed by atoms with Crippen molar-refractivity contribution >= 4 is 0 Å². The number of rotatable bonds is 7. The van der Waals surface area contributed by atoms with Crippen molar-refractivity contribution in [1.82, 2.24) is 0 Å². The summed E-state index contributed by atoms with van der Waals surface area (Å²) >= 11 is 0. The fourth-order valence-electron chi connectivity index (χ4n) is 1.13. The lowest BCUT2D eigenvalue weighted by atomic mass is 10.0. The van der Waals surface area contributed by atoms with Gasteiger partial charge in [-0.2, -0.15) is 0 Å². The summed E-state index contributed by atoms with van der Waals surface area (Å²) in [6.45, 7) is 10.8. The van der Waals surface area contributed by atoms with Gasteiger partial charge in [0.25, 0.3) is 0 Å². The Hall–Kier alpha value is -0.0400. The smallest absolute Gasteiger partial charge is 0.0491 e. The molecule has 0 aliphatic carbocycles. The molecule has 0 aromatic rings. The molecule has 0 rings (SSSR count). The Morgan fingerprint density at radius 3 is 2.25 bits per heavy atom. The van der Waals surface area contributed by atoms with Gasteiger partial charge in [0.15, 0.2) is 0 Å². The van der Waals surface area contributed by atoms with Crippen LogP contribution in [-0.4, -0.2) is 13.2 Å². The molecular weight excluding hydrogens is 148 g/mol. The Kier molecular flexibility index (Phi) is 7.58. The van der Waals surface area contributed by atoms with Crippen molar-refractivity contribution < 1.29 is 4.74 Å². The lowest BCUT2D eigenvalue weighted by molar-refractivity contribution is 0.101. The average molecular weight is 172 g/mol. The maximum atomic E-state index is 5.48. The van der Waals surface area contributed by atoms with Gasteiger partial charge in [0.1, 0.15) is 0 Å². The Balaban J connectivity index is 3.15. The minimum Gasteiger partial charge on any atom is -0.381 e. The second-order valence-electron chi connectivity index (χ2n) is 4.15. The molecule has 0 aliphatic heterocycles. The van der Waals surface area contributed by atoms with E-state index in [0.29, 0.717) is 0 Å². The third-order valence-electron chi connectivity index (χ3n) is 1.99. The summed E-state index contributed by atoms with van der Waals surface area (Å²) < 4.78 is 5.48. The average Bonchev–Trinajstić information content (AvgIpc) is 2.01. The van der Waals surface area contributed by atoms with Gasteiger partial charge in [-0.15, -0.1) is 0 Å². The van der Waals surface area contributed by atoms with Crippen LogP contribution in [0.4, 0.5) is 0 Å². The molecule has 0 N–H and O–H groups in total. The second-order valence-corrected chi connectivity index (χ2v) is 4.15. The van der Waals surface area contributed by atoms with Crippen molar-refractivity contribution in [3.8, 4) is 0 Å². The van der Waals surface area contributed by atoms with Gasteiger partial charge in [-0.25, -0.2) is 0 Å². The number of ether oxygens (including phenoxy) is 1. The van der Waals surface area contributed by atoms with Gasteiger partial charge < -0.3 is 4.74 Å². The minimum atomic E-state index is 0.735. The van der Waals surface area contributed by atoms with Crippen LogP contribution in [0.5, 0.6) is 0 Å². The lowest BCUT2D eigenvalue weighted by Gasteiger charge is -2.12. The molecular formula is C11H24O. The summed E-state index contributed by atoms with van der Waals surface area (Å²) in [6.07, 6.45) is 3.77. The molecule has 74 valence electrons. The molecule has 12 heavy (non-hydrogen) atoms. The van der Waals surface area contributed by atoms with Crippen molar-refractivity contribution in [3.63, 3.8) is 0 Å². The first-order valence-corrected chi connectivity index (χ1v) is 5.24. The molecule has 0 saturated heterocycles. The third kappa shape index (κ3) is 8.06. The van der Waals surface area contributed by atoms with Crippen LogP contribution in [0.25, 0.3) is 0 Å². The maximum absolute atomic E-state index is 5.48. The van der Waals surface area contributed by atoms with Crippen LogP contribution in [0.3, 0.4) is 0 Å². The molecule has 0 fully saturated rings. The highest BCUT2D eigenvalue weighted by Gasteiger charge is 2.03. The number of hydrogen-bond acceptors (Lipinski definition) is 1. The van der Waals surface area contributed by atoms with E-state index in [1.165, 1.54) is 12.8 Å². The monoisotopic (exact) mass is 172 g/mol. The summed E-state index contributed by atoms with van der Waals surface area (Å²) in [5.41, 5.74) is 0. The second kappa shape index (κ2) is 7.60. The van der Waals surface area contributed by atoms with E-state index in [2.05, 4.69) is 27.7 Å². The molecule has 1 unspecified atom stereocenters. The standard InChI is InChI=1S/C11H24O/c1-5-8-12-9-11(4)7-6-10(2)3/h10-11H,5-9H2,1-4H3. The Bertz CT molecular complexity index is 89.0. The van der Waals surface area contributed by atoms with Crippen LogP contribution >= 0.6 is 0 Å². The van der Waals surface area contributed by atoms with Crippen molar-refractivity contribution in [2.24, 2.45) is 11.8 Å². The Morgan fingerprint density at radius 1 is 1.08 bits per heavy atom. The molecule has 1 heteroatoms. The molecule has 0 spiro atoms. The SMILES string of the molecule is CCCOCC(C)CCC(C)C. The fourth-order valence-corrected chi connectivity index (χ4v) is 1.13. The van der Waals surface area contributed by atoms with Crippen molar-refractivity contribution in [1.29, 1.82) is 0 Å². The minimum absolute atomic E-state index is 0.735. The van der Waals surface area contributed by atoms with Gasteiger partial charge in [-0.3, -0.25) is 0 Å².